The fraction of sp³-hybridized carbons (Fsp3) is 0.583. The summed E-state index contributed by atoms with van der Waals surface area (Å²) >= 11 is 0. The summed E-state index contributed by atoms with van der Waals surface area (Å²) in [4.78, 5) is 4.67. The van der Waals surface area contributed by atoms with Crippen LogP contribution in [0.25, 0.3) is 0 Å². The Balaban J connectivity index is 2.27. The van der Waals surface area contributed by atoms with E-state index in [1.54, 1.807) is 0 Å². The van der Waals surface area contributed by atoms with Gasteiger partial charge in [-0.3, -0.25) is 0 Å². The summed E-state index contributed by atoms with van der Waals surface area (Å²) < 4.78 is 0. The van der Waals surface area contributed by atoms with Crippen LogP contribution in [-0.2, 0) is 19.4 Å². The molecule has 1 aromatic rings. The number of aryl methyl sites for hydroxylation is 2. The third-order valence-corrected chi connectivity index (χ3v) is 2.89. The SMILES string of the molecule is CCCNc1nc2c(cc1CN)CCC2. The lowest BCUT2D eigenvalue weighted by Crippen LogP contribution is -2.10. The molecule has 3 nitrogen and oxygen atoms in total. The minimum atomic E-state index is 0.576. The molecule has 2 rings (SSSR count). The average molecular weight is 205 g/mol. The van der Waals surface area contributed by atoms with E-state index in [1.807, 2.05) is 0 Å². The van der Waals surface area contributed by atoms with Crippen molar-refractivity contribution in [2.45, 2.75) is 39.2 Å². The molecule has 3 heteroatoms. The number of rotatable bonds is 4. The second kappa shape index (κ2) is 4.62. The van der Waals surface area contributed by atoms with E-state index < -0.39 is 0 Å². The Morgan fingerprint density at radius 3 is 3.07 bits per heavy atom. The maximum atomic E-state index is 5.74. The Hall–Kier alpha value is -1.09. The molecule has 1 aliphatic rings. The first kappa shape index (κ1) is 10.4. The minimum absolute atomic E-state index is 0.576. The molecule has 1 aliphatic carbocycles. The molecule has 0 saturated heterocycles. The Labute approximate surface area is 91.1 Å². The number of nitrogens with one attached hydrogen (secondary N) is 1. The molecule has 0 bridgehead atoms. The Morgan fingerprint density at radius 1 is 1.47 bits per heavy atom. The van der Waals surface area contributed by atoms with Crippen LogP contribution in [-0.4, -0.2) is 11.5 Å². The Morgan fingerprint density at radius 2 is 2.33 bits per heavy atom. The van der Waals surface area contributed by atoms with Crippen LogP contribution in [0, 0.1) is 0 Å². The normalized spacial score (nSPS) is 14.0. The standard InChI is InChI=1S/C12H19N3/c1-2-6-14-12-10(8-13)7-9-4-3-5-11(9)15-12/h7H,2-6,8,13H2,1H3,(H,14,15). The molecular weight excluding hydrogens is 186 g/mol. The summed E-state index contributed by atoms with van der Waals surface area (Å²) in [6.45, 7) is 3.70. The van der Waals surface area contributed by atoms with Gasteiger partial charge in [0.2, 0.25) is 0 Å². The number of nitrogens with two attached hydrogens (primary N) is 1. The van der Waals surface area contributed by atoms with Gasteiger partial charge in [0.25, 0.3) is 0 Å². The van der Waals surface area contributed by atoms with Gasteiger partial charge >= 0.3 is 0 Å². The largest absolute Gasteiger partial charge is 0.370 e. The maximum absolute atomic E-state index is 5.74. The lowest BCUT2D eigenvalue weighted by Gasteiger charge is -2.11. The maximum Gasteiger partial charge on any atom is 0.130 e. The Kier molecular flexibility index (Phi) is 3.21. The van der Waals surface area contributed by atoms with Crippen LogP contribution >= 0.6 is 0 Å². The highest BCUT2D eigenvalue weighted by Gasteiger charge is 2.15. The summed E-state index contributed by atoms with van der Waals surface area (Å²) in [6.07, 6.45) is 4.65. The molecular formula is C12H19N3. The van der Waals surface area contributed by atoms with Crippen LogP contribution in [0.3, 0.4) is 0 Å². The van der Waals surface area contributed by atoms with Gasteiger partial charge in [-0.05, 0) is 37.3 Å². The number of aromatic nitrogens is 1. The molecule has 1 aromatic heterocycles. The highest BCUT2D eigenvalue weighted by molar-refractivity contribution is 5.48. The van der Waals surface area contributed by atoms with Gasteiger partial charge in [0, 0.05) is 24.3 Å². The van der Waals surface area contributed by atoms with Crippen molar-refractivity contribution < 1.29 is 0 Å². The van der Waals surface area contributed by atoms with Crippen LogP contribution in [0.15, 0.2) is 6.07 Å². The molecule has 15 heavy (non-hydrogen) atoms. The van der Waals surface area contributed by atoms with Crippen LogP contribution in [0.1, 0.15) is 36.6 Å². The average Bonchev–Trinajstić information content (AvgIpc) is 2.71. The number of fused-ring (bicyclic) bond motifs is 1. The van der Waals surface area contributed by atoms with Gasteiger partial charge in [-0.2, -0.15) is 0 Å². The molecule has 0 spiro atoms. The molecule has 0 fully saturated rings. The van der Waals surface area contributed by atoms with Crippen LogP contribution in [0.2, 0.25) is 0 Å². The van der Waals surface area contributed by atoms with E-state index in [0.29, 0.717) is 6.54 Å². The molecule has 0 saturated carbocycles. The summed E-state index contributed by atoms with van der Waals surface area (Å²) in [5, 5.41) is 3.35. The number of hydrogen-bond donors (Lipinski definition) is 2. The fourth-order valence-electron chi connectivity index (χ4n) is 2.07. The van der Waals surface area contributed by atoms with Crippen LogP contribution in [0.4, 0.5) is 5.82 Å². The molecule has 1 heterocycles. The summed E-state index contributed by atoms with van der Waals surface area (Å²) in [5.41, 5.74) is 9.56. The van der Waals surface area contributed by atoms with Gasteiger partial charge in [-0.15, -0.1) is 0 Å². The highest BCUT2D eigenvalue weighted by atomic mass is 15.0. The van der Waals surface area contributed by atoms with Crippen LogP contribution in [0.5, 0.6) is 0 Å². The van der Waals surface area contributed by atoms with Crippen molar-refractivity contribution in [3.05, 3.63) is 22.9 Å². The van der Waals surface area contributed by atoms with E-state index >= 15 is 0 Å². The molecule has 0 amide bonds. The van der Waals surface area contributed by atoms with Crippen molar-refractivity contribution in [3.8, 4) is 0 Å². The number of anilines is 1. The third kappa shape index (κ3) is 2.12. The van der Waals surface area contributed by atoms with Crippen LogP contribution < -0.4 is 11.1 Å². The van der Waals surface area contributed by atoms with E-state index in [1.165, 1.54) is 24.1 Å². The zero-order chi connectivity index (χ0) is 10.7. The van der Waals surface area contributed by atoms with Crippen molar-refractivity contribution >= 4 is 5.82 Å². The second-order valence-corrected chi connectivity index (χ2v) is 4.09. The van der Waals surface area contributed by atoms with Gasteiger partial charge in [0.05, 0.1) is 0 Å². The lowest BCUT2D eigenvalue weighted by molar-refractivity contribution is 0.897. The third-order valence-electron chi connectivity index (χ3n) is 2.89. The zero-order valence-corrected chi connectivity index (χ0v) is 9.34. The first-order valence-corrected chi connectivity index (χ1v) is 5.80. The number of pyridine rings is 1. The first-order valence-electron chi connectivity index (χ1n) is 5.80. The minimum Gasteiger partial charge on any atom is -0.370 e. The van der Waals surface area contributed by atoms with Gasteiger partial charge < -0.3 is 11.1 Å². The zero-order valence-electron chi connectivity index (χ0n) is 9.34. The predicted molar refractivity (Wildman–Crippen MR) is 62.9 cm³/mol. The monoisotopic (exact) mass is 205 g/mol. The lowest BCUT2D eigenvalue weighted by atomic mass is 10.1. The van der Waals surface area contributed by atoms with Crippen molar-refractivity contribution in [2.24, 2.45) is 5.73 Å². The topological polar surface area (TPSA) is 50.9 Å². The quantitative estimate of drug-likeness (QED) is 0.788. The van der Waals surface area contributed by atoms with E-state index in [4.69, 9.17) is 5.73 Å². The van der Waals surface area contributed by atoms with Crippen molar-refractivity contribution in [1.82, 2.24) is 4.98 Å². The van der Waals surface area contributed by atoms with Gasteiger partial charge in [0.15, 0.2) is 0 Å². The first-order chi connectivity index (χ1) is 7.35. The smallest absolute Gasteiger partial charge is 0.130 e. The van der Waals surface area contributed by atoms with E-state index in [0.717, 1.165) is 30.8 Å². The molecule has 0 aromatic carbocycles. The number of hydrogen-bond acceptors (Lipinski definition) is 3. The molecule has 3 N–H and O–H groups in total. The molecule has 0 radical (unpaired) electrons. The predicted octanol–water partition coefficient (Wildman–Crippen LogP) is 1.85. The molecule has 82 valence electrons. The summed E-state index contributed by atoms with van der Waals surface area (Å²) in [5.74, 6) is 1.00. The van der Waals surface area contributed by atoms with Gasteiger partial charge in [-0.25, -0.2) is 4.98 Å². The molecule has 0 unspecified atom stereocenters. The van der Waals surface area contributed by atoms with Gasteiger partial charge in [0.1, 0.15) is 5.82 Å². The van der Waals surface area contributed by atoms with E-state index in [9.17, 15) is 0 Å². The molecule has 0 aliphatic heterocycles. The second-order valence-electron chi connectivity index (χ2n) is 4.09. The van der Waals surface area contributed by atoms with Crippen molar-refractivity contribution in [2.75, 3.05) is 11.9 Å². The van der Waals surface area contributed by atoms with Crippen molar-refractivity contribution in [1.29, 1.82) is 0 Å². The van der Waals surface area contributed by atoms with E-state index in [2.05, 4.69) is 23.3 Å². The highest BCUT2D eigenvalue weighted by Crippen LogP contribution is 2.24. The number of nitrogens with zero attached hydrogens (tertiary/aromatic N) is 1. The van der Waals surface area contributed by atoms with E-state index in [-0.39, 0.29) is 0 Å². The fourth-order valence-corrected chi connectivity index (χ4v) is 2.07. The summed E-state index contributed by atoms with van der Waals surface area (Å²) in [6, 6.07) is 2.23. The van der Waals surface area contributed by atoms with Crippen molar-refractivity contribution in [3.63, 3.8) is 0 Å². The summed E-state index contributed by atoms with van der Waals surface area (Å²) in [7, 11) is 0. The van der Waals surface area contributed by atoms with Gasteiger partial charge in [-0.1, -0.05) is 6.92 Å². The Bertz CT molecular complexity index is 347. The molecule has 0 atom stereocenters.